The van der Waals surface area contributed by atoms with Gasteiger partial charge in [-0.1, -0.05) is 0 Å². The largest absolute Gasteiger partial charge is 0.505 e. The van der Waals surface area contributed by atoms with Crippen molar-refractivity contribution in [2.24, 2.45) is 20.5 Å². The average molecular weight is 688 g/mol. The normalized spacial score (nSPS) is 13.3. The van der Waals surface area contributed by atoms with Gasteiger partial charge in [0.1, 0.15) is 21.2 Å². The van der Waals surface area contributed by atoms with Crippen molar-refractivity contribution < 1.29 is 57.0 Å². The number of azo groups is 2. The molecular weight excluding hydrogens is 671 g/mol. The summed E-state index contributed by atoms with van der Waals surface area (Å²) in [6.45, 7) is 0. The molecule has 0 spiro atoms. The van der Waals surface area contributed by atoms with Crippen LogP contribution in [0.1, 0.15) is 0 Å². The molecule has 0 aliphatic rings. The second-order valence-corrected chi connectivity index (χ2v) is 14.2. The molecule has 0 saturated heterocycles. The summed E-state index contributed by atoms with van der Waals surface area (Å²) >= 11 is 0. The van der Waals surface area contributed by atoms with Crippen LogP contribution >= 0.6 is 0 Å². The Morgan fingerprint density at radius 3 is 1.25 bits per heavy atom. The number of hydrogen-bond donors (Lipinski definition) is 6. The minimum atomic E-state index is -5.19. The number of anilines is 1. The van der Waals surface area contributed by atoms with Gasteiger partial charge < -0.3 is 10.8 Å². The van der Waals surface area contributed by atoms with E-state index in [4.69, 9.17) is 14.8 Å². The summed E-state index contributed by atoms with van der Waals surface area (Å²) in [5, 5.41) is 24.8. The fourth-order valence-electron chi connectivity index (χ4n) is 3.69. The lowest BCUT2D eigenvalue weighted by atomic mass is 10.1. The van der Waals surface area contributed by atoms with Gasteiger partial charge in [0.15, 0.2) is 5.75 Å². The van der Waals surface area contributed by atoms with E-state index < -0.39 is 93.6 Å². The van der Waals surface area contributed by atoms with E-state index in [-0.39, 0.29) is 11.4 Å². The molecular formula is C22H17N5O13S4. The highest BCUT2D eigenvalue weighted by Gasteiger charge is 2.28. The molecule has 4 rings (SSSR count). The molecule has 0 unspecified atom stereocenters. The van der Waals surface area contributed by atoms with Crippen LogP contribution in [0.5, 0.6) is 5.75 Å². The lowest BCUT2D eigenvalue weighted by Crippen LogP contribution is -2.03. The first-order valence-corrected chi connectivity index (χ1v) is 17.0. The van der Waals surface area contributed by atoms with Crippen molar-refractivity contribution in [2.45, 2.75) is 19.6 Å². The third kappa shape index (κ3) is 6.87. The number of phenols is 1. The highest BCUT2D eigenvalue weighted by molar-refractivity contribution is 7.86. The van der Waals surface area contributed by atoms with Crippen molar-refractivity contribution in [3.8, 4) is 5.75 Å². The topological polar surface area (TPSA) is 313 Å². The van der Waals surface area contributed by atoms with E-state index in [9.17, 15) is 47.9 Å². The van der Waals surface area contributed by atoms with Crippen LogP contribution < -0.4 is 5.73 Å². The van der Waals surface area contributed by atoms with Gasteiger partial charge in [-0.3, -0.25) is 18.2 Å². The summed E-state index contributed by atoms with van der Waals surface area (Å²) in [7, 11) is -19.4. The quantitative estimate of drug-likeness (QED) is 0.0868. The predicted octanol–water partition coefficient (Wildman–Crippen LogP) is 3.95. The van der Waals surface area contributed by atoms with Crippen LogP contribution in [0.25, 0.3) is 10.8 Å². The summed E-state index contributed by atoms with van der Waals surface area (Å²) < 4.78 is 131. The number of hydrogen-bond acceptors (Lipinski definition) is 14. The van der Waals surface area contributed by atoms with Gasteiger partial charge in [-0.2, -0.15) is 43.9 Å². The van der Waals surface area contributed by atoms with E-state index in [1.807, 2.05) is 0 Å². The average Bonchev–Trinajstić information content (AvgIpc) is 2.90. The molecule has 22 heteroatoms. The van der Waals surface area contributed by atoms with Crippen molar-refractivity contribution >= 4 is 79.7 Å². The molecule has 0 aliphatic heterocycles. The van der Waals surface area contributed by atoms with E-state index in [1.54, 1.807) is 0 Å². The van der Waals surface area contributed by atoms with E-state index in [0.29, 0.717) is 12.1 Å². The zero-order chi connectivity index (χ0) is 32.8. The Kier molecular flexibility index (Phi) is 8.31. The molecule has 4 aromatic rings. The summed E-state index contributed by atoms with van der Waals surface area (Å²) in [6.07, 6.45) is 0. The molecule has 7 N–H and O–H groups in total. The molecule has 18 nitrogen and oxygen atoms in total. The Hall–Kier alpha value is -4.42. The van der Waals surface area contributed by atoms with Crippen LogP contribution in [-0.4, -0.2) is 57.0 Å². The first kappa shape index (κ1) is 32.5. The van der Waals surface area contributed by atoms with Crippen LogP contribution in [0.2, 0.25) is 0 Å². The van der Waals surface area contributed by atoms with Crippen LogP contribution in [0.15, 0.2) is 101 Å². The van der Waals surface area contributed by atoms with Crippen molar-refractivity contribution in [3.05, 3.63) is 60.7 Å². The summed E-state index contributed by atoms with van der Waals surface area (Å²) in [4.78, 5) is -3.07. The summed E-state index contributed by atoms with van der Waals surface area (Å²) in [5.74, 6) is -1.05. The maximum atomic E-state index is 12.2. The first-order valence-electron chi connectivity index (χ1n) is 11.2. The third-order valence-corrected chi connectivity index (χ3v) is 9.14. The van der Waals surface area contributed by atoms with Gasteiger partial charge in [-0.15, -0.1) is 10.2 Å². The van der Waals surface area contributed by atoms with Crippen LogP contribution in [0, 0.1) is 0 Å². The number of aromatic hydroxyl groups is 1. The highest BCUT2D eigenvalue weighted by atomic mass is 32.2. The zero-order valence-corrected chi connectivity index (χ0v) is 24.5. The molecule has 0 atom stereocenters. The monoisotopic (exact) mass is 687 g/mol. The Morgan fingerprint density at radius 1 is 0.523 bits per heavy atom. The van der Waals surface area contributed by atoms with E-state index in [0.717, 1.165) is 48.5 Å². The molecule has 0 saturated carbocycles. The van der Waals surface area contributed by atoms with Gasteiger partial charge in [0.2, 0.25) is 0 Å². The number of benzene rings is 4. The number of rotatable bonds is 8. The van der Waals surface area contributed by atoms with Gasteiger partial charge in [0.25, 0.3) is 40.5 Å². The lowest BCUT2D eigenvalue weighted by molar-refractivity contribution is 0.472. The SMILES string of the molecule is Nc1c(N=Nc2ccc(S(=O)(=O)O)cc2)c(S(=O)(=O)O)cc2cc(S(=O)(=O)O)c(N=Nc3ccc(S(=O)(=O)O)cc3)c(O)c12. The van der Waals surface area contributed by atoms with Crippen molar-refractivity contribution in [1.29, 1.82) is 0 Å². The van der Waals surface area contributed by atoms with Crippen molar-refractivity contribution in [2.75, 3.05) is 5.73 Å². The first-order chi connectivity index (χ1) is 20.2. The standard InChI is InChI=1S/C22H17N5O13S4/c23-19-18-11(9-16(43(35,36)37)20(19)26-24-12-1-5-14(6-2-12)41(29,30)31)10-17(44(38,39)40)21(22(18)28)27-25-13-3-7-15(8-4-13)42(32,33)34/h1-10,28H,23H2,(H,29,30,31)(H,32,33,34)(H,35,36,37)(H,38,39,40). The Labute approximate surface area is 248 Å². The maximum Gasteiger partial charge on any atom is 0.296 e. The van der Waals surface area contributed by atoms with E-state index in [2.05, 4.69) is 20.5 Å². The molecule has 0 heterocycles. The molecule has 0 aromatic heterocycles. The number of nitrogens with two attached hydrogens (primary N) is 1. The van der Waals surface area contributed by atoms with Crippen molar-refractivity contribution in [3.63, 3.8) is 0 Å². The van der Waals surface area contributed by atoms with Crippen LogP contribution in [-0.2, 0) is 40.5 Å². The zero-order valence-electron chi connectivity index (χ0n) is 21.3. The fraction of sp³-hybridized carbons (Fsp3) is 0. The molecule has 232 valence electrons. The van der Waals surface area contributed by atoms with E-state index in [1.165, 1.54) is 0 Å². The molecule has 44 heavy (non-hydrogen) atoms. The van der Waals surface area contributed by atoms with Gasteiger partial charge in [-0.05, 0) is 66.0 Å². The highest BCUT2D eigenvalue weighted by Crippen LogP contribution is 2.48. The minimum absolute atomic E-state index is 0.0846. The van der Waals surface area contributed by atoms with Gasteiger partial charge in [-0.25, -0.2) is 0 Å². The number of nitrogens with zero attached hydrogens (tertiary/aromatic N) is 4. The van der Waals surface area contributed by atoms with Gasteiger partial charge in [0, 0.05) is 0 Å². The third-order valence-electron chi connectivity index (χ3n) is 5.67. The van der Waals surface area contributed by atoms with Crippen LogP contribution in [0.4, 0.5) is 28.4 Å². The molecule has 0 fully saturated rings. The number of fused-ring (bicyclic) bond motifs is 1. The Balaban J connectivity index is 1.94. The Morgan fingerprint density at radius 2 is 0.886 bits per heavy atom. The van der Waals surface area contributed by atoms with Crippen LogP contribution in [0.3, 0.4) is 0 Å². The number of phenolic OH excluding ortho intramolecular Hbond substituents is 1. The molecule has 4 aromatic carbocycles. The second kappa shape index (κ2) is 11.3. The summed E-state index contributed by atoms with van der Waals surface area (Å²) in [5.41, 5.74) is 3.57. The molecule has 0 amide bonds. The maximum absolute atomic E-state index is 12.2. The molecule has 0 radical (unpaired) electrons. The van der Waals surface area contributed by atoms with Gasteiger partial charge >= 0.3 is 0 Å². The molecule has 0 aliphatic carbocycles. The van der Waals surface area contributed by atoms with Crippen molar-refractivity contribution in [1.82, 2.24) is 0 Å². The Bertz CT molecular complexity index is 2160. The smallest absolute Gasteiger partial charge is 0.296 e. The predicted molar refractivity (Wildman–Crippen MR) is 151 cm³/mol. The lowest BCUT2D eigenvalue weighted by Gasteiger charge is -2.14. The van der Waals surface area contributed by atoms with E-state index >= 15 is 0 Å². The fourth-order valence-corrected chi connectivity index (χ4v) is 5.98. The second-order valence-electron chi connectivity index (χ2n) is 8.60. The minimum Gasteiger partial charge on any atom is -0.505 e. The number of nitrogen functional groups attached to an aromatic ring is 1. The summed E-state index contributed by atoms with van der Waals surface area (Å²) in [6, 6.07) is 9.39. The molecule has 0 bridgehead atoms. The van der Waals surface area contributed by atoms with Gasteiger partial charge in [0.05, 0.1) is 32.2 Å².